The molecule has 0 fully saturated rings. The molecule has 0 atom stereocenters. The topological polar surface area (TPSA) is 95.7 Å². The van der Waals surface area contributed by atoms with Gasteiger partial charge in [0.15, 0.2) is 0 Å². The number of fused-ring (bicyclic) bond motifs is 2. The van der Waals surface area contributed by atoms with Crippen molar-refractivity contribution < 1.29 is 24.0 Å². The van der Waals surface area contributed by atoms with Gasteiger partial charge in [-0.15, -0.1) is 0 Å². The Morgan fingerprint density at radius 3 is 2.58 bits per heavy atom. The molecule has 0 spiro atoms. The van der Waals surface area contributed by atoms with Crippen LogP contribution in [0.15, 0.2) is 77.3 Å². The second-order valence-electron chi connectivity index (χ2n) is 7.33. The normalized spacial score (nSPS) is 12.8. The lowest BCUT2D eigenvalue weighted by Crippen LogP contribution is -2.16. The van der Waals surface area contributed by atoms with Crippen molar-refractivity contribution in [1.29, 1.82) is 0 Å². The van der Waals surface area contributed by atoms with Gasteiger partial charge in [-0.05, 0) is 58.1 Å². The summed E-state index contributed by atoms with van der Waals surface area (Å²) in [4.78, 5) is 36.4. The molecule has 0 radical (unpaired) electrons. The van der Waals surface area contributed by atoms with Crippen molar-refractivity contribution in [1.82, 2.24) is 0 Å². The summed E-state index contributed by atoms with van der Waals surface area (Å²) >= 11 is 3.40. The van der Waals surface area contributed by atoms with Crippen LogP contribution >= 0.6 is 15.9 Å². The second kappa shape index (κ2) is 9.79. The summed E-state index contributed by atoms with van der Waals surface area (Å²) in [6, 6.07) is 16.6. The summed E-state index contributed by atoms with van der Waals surface area (Å²) in [7, 11) is 0. The molecule has 1 aliphatic heterocycles. The van der Waals surface area contributed by atoms with Crippen LogP contribution in [0.2, 0.25) is 0 Å². The van der Waals surface area contributed by atoms with E-state index in [1.807, 2.05) is 42.5 Å². The number of allylic oxidation sites excluding steroid dienone is 2. The number of carbonyl (C=O) groups is 2. The van der Waals surface area contributed by atoms with Crippen LogP contribution < -0.4 is 4.74 Å². The van der Waals surface area contributed by atoms with E-state index in [-0.39, 0.29) is 23.6 Å². The minimum atomic E-state index is -0.660. The van der Waals surface area contributed by atoms with E-state index in [0.29, 0.717) is 34.0 Å². The molecule has 3 aromatic rings. The first kappa shape index (κ1) is 22.4. The zero-order valence-electron chi connectivity index (χ0n) is 17.3. The maximum absolute atomic E-state index is 13.0. The highest BCUT2D eigenvalue weighted by Gasteiger charge is 2.24. The summed E-state index contributed by atoms with van der Waals surface area (Å²) in [6.45, 7) is 0.117. The molecule has 0 amide bonds. The first-order valence-electron chi connectivity index (χ1n) is 10.1. The van der Waals surface area contributed by atoms with Crippen LogP contribution in [0.4, 0.5) is 5.69 Å². The number of benzene rings is 3. The lowest BCUT2D eigenvalue weighted by atomic mass is 9.99. The zero-order chi connectivity index (χ0) is 23.4. The molecule has 4 rings (SSSR count). The average Bonchev–Trinajstić information content (AvgIpc) is 2.82. The standard InChI is InChI=1S/C25H18BrNO6/c26-22-13-12-21(24(28)32-15-16-6-2-1-3-7-16)20-9-5-4-8-17-14-18(27(30)31)10-11-19(17)25(29)33-23(20)22/h1-7,10-14H,8-9,15H2. The van der Waals surface area contributed by atoms with Crippen LogP contribution in [-0.2, 0) is 24.2 Å². The van der Waals surface area contributed by atoms with Gasteiger partial charge < -0.3 is 9.47 Å². The summed E-state index contributed by atoms with van der Waals surface area (Å²) in [5.41, 5.74) is 2.28. The summed E-state index contributed by atoms with van der Waals surface area (Å²) in [5, 5.41) is 11.1. The van der Waals surface area contributed by atoms with Gasteiger partial charge in [0.1, 0.15) is 12.4 Å². The number of ether oxygens (including phenoxy) is 2. The maximum atomic E-state index is 13.0. The lowest BCUT2D eigenvalue weighted by Gasteiger charge is -2.17. The lowest BCUT2D eigenvalue weighted by molar-refractivity contribution is -0.384. The van der Waals surface area contributed by atoms with Gasteiger partial charge in [-0.25, -0.2) is 9.59 Å². The van der Waals surface area contributed by atoms with Crippen LogP contribution in [0.5, 0.6) is 5.75 Å². The van der Waals surface area contributed by atoms with Crippen LogP contribution in [0.25, 0.3) is 0 Å². The minimum absolute atomic E-state index is 0.1000. The van der Waals surface area contributed by atoms with Crippen molar-refractivity contribution >= 4 is 33.6 Å². The SMILES string of the molecule is O=C1Oc2c(Br)ccc(C(=O)OCc3ccccc3)c2CC=CCc2cc([N+](=O)[O-])ccc21. The van der Waals surface area contributed by atoms with E-state index >= 15 is 0 Å². The predicted molar refractivity (Wildman–Crippen MR) is 124 cm³/mol. The predicted octanol–water partition coefficient (Wildman–Crippen LogP) is 5.59. The Kier molecular flexibility index (Phi) is 6.65. The second-order valence-corrected chi connectivity index (χ2v) is 8.19. The fraction of sp³-hybridized carbons (Fsp3) is 0.120. The zero-order valence-corrected chi connectivity index (χ0v) is 18.9. The smallest absolute Gasteiger partial charge is 0.343 e. The van der Waals surface area contributed by atoms with E-state index in [1.54, 1.807) is 12.1 Å². The van der Waals surface area contributed by atoms with Crippen LogP contribution in [-0.4, -0.2) is 16.9 Å². The average molecular weight is 508 g/mol. The molecule has 166 valence electrons. The number of non-ortho nitro benzene ring substituents is 1. The molecule has 0 unspecified atom stereocenters. The Balaban J connectivity index is 1.67. The molecule has 0 N–H and O–H groups in total. The van der Waals surface area contributed by atoms with E-state index < -0.39 is 16.9 Å². The third-order valence-corrected chi connectivity index (χ3v) is 5.81. The highest BCUT2D eigenvalue weighted by Crippen LogP contribution is 2.35. The summed E-state index contributed by atoms with van der Waals surface area (Å²) < 4.78 is 11.7. The van der Waals surface area contributed by atoms with Gasteiger partial charge in [-0.1, -0.05) is 42.5 Å². The summed E-state index contributed by atoms with van der Waals surface area (Å²) in [5.74, 6) is -0.975. The molecule has 1 aliphatic rings. The molecule has 0 saturated heterocycles. The first-order chi connectivity index (χ1) is 15.9. The van der Waals surface area contributed by atoms with Gasteiger partial charge in [0, 0.05) is 17.7 Å². The van der Waals surface area contributed by atoms with Crippen LogP contribution in [0.1, 0.15) is 37.4 Å². The van der Waals surface area contributed by atoms with Crippen molar-refractivity contribution in [2.45, 2.75) is 19.4 Å². The van der Waals surface area contributed by atoms with E-state index in [2.05, 4.69) is 15.9 Å². The molecule has 0 bridgehead atoms. The van der Waals surface area contributed by atoms with Crippen molar-refractivity contribution in [3.8, 4) is 5.75 Å². The maximum Gasteiger partial charge on any atom is 0.343 e. The van der Waals surface area contributed by atoms with Gasteiger partial charge in [0.25, 0.3) is 5.69 Å². The third kappa shape index (κ3) is 5.01. The molecule has 33 heavy (non-hydrogen) atoms. The number of halogens is 1. The number of carbonyl (C=O) groups excluding carboxylic acids is 2. The Labute approximate surface area is 197 Å². The van der Waals surface area contributed by atoms with Gasteiger partial charge in [0.2, 0.25) is 0 Å². The number of nitro benzene ring substituents is 1. The first-order valence-corrected chi connectivity index (χ1v) is 10.9. The van der Waals surface area contributed by atoms with E-state index in [4.69, 9.17) is 9.47 Å². The largest absolute Gasteiger partial charge is 0.457 e. The fourth-order valence-electron chi connectivity index (χ4n) is 3.53. The quantitative estimate of drug-likeness (QED) is 0.150. The van der Waals surface area contributed by atoms with Crippen molar-refractivity contribution in [3.63, 3.8) is 0 Å². The van der Waals surface area contributed by atoms with Gasteiger partial charge in [0.05, 0.1) is 20.5 Å². The molecule has 0 saturated carbocycles. The van der Waals surface area contributed by atoms with Gasteiger partial charge in [-0.2, -0.15) is 0 Å². The summed E-state index contributed by atoms with van der Waals surface area (Å²) in [6.07, 6.45) is 4.26. The Morgan fingerprint density at radius 1 is 1.06 bits per heavy atom. The Hall–Kier alpha value is -3.78. The van der Waals surface area contributed by atoms with Crippen LogP contribution in [0.3, 0.4) is 0 Å². The molecule has 0 aliphatic carbocycles. The highest BCUT2D eigenvalue weighted by molar-refractivity contribution is 9.10. The van der Waals surface area contributed by atoms with Gasteiger partial charge in [-0.3, -0.25) is 10.1 Å². The Morgan fingerprint density at radius 2 is 1.82 bits per heavy atom. The molecule has 8 heteroatoms. The number of nitro groups is 1. The van der Waals surface area contributed by atoms with E-state index in [0.717, 1.165) is 5.56 Å². The monoisotopic (exact) mass is 507 g/mol. The minimum Gasteiger partial charge on any atom is -0.457 e. The number of nitrogens with zero attached hydrogens (tertiary/aromatic N) is 1. The van der Waals surface area contributed by atoms with Crippen LogP contribution in [0, 0.1) is 10.1 Å². The third-order valence-electron chi connectivity index (χ3n) is 5.19. The van der Waals surface area contributed by atoms with Crippen molar-refractivity contribution in [2.24, 2.45) is 0 Å². The van der Waals surface area contributed by atoms with Gasteiger partial charge >= 0.3 is 11.9 Å². The highest BCUT2D eigenvalue weighted by atomic mass is 79.9. The molecule has 3 aromatic carbocycles. The van der Waals surface area contributed by atoms with Crippen molar-refractivity contribution in [2.75, 3.05) is 0 Å². The number of esters is 2. The molecular formula is C25H18BrNO6. The molecular weight excluding hydrogens is 490 g/mol. The fourth-order valence-corrected chi connectivity index (χ4v) is 3.98. The molecule has 7 nitrogen and oxygen atoms in total. The Bertz CT molecular complexity index is 1270. The number of hydrogen-bond acceptors (Lipinski definition) is 6. The van der Waals surface area contributed by atoms with E-state index in [1.165, 1.54) is 18.2 Å². The molecule has 1 heterocycles. The van der Waals surface area contributed by atoms with E-state index in [9.17, 15) is 19.7 Å². The number of hydrogen-bond donors (Lipinski definition) is 0. The molecule has 0 aromatic heterocycles. The van der Waals surface area contributed by atoms with Crippen molar-refractivity contribution in [3.05, 3.63) is 115 Å². The number of rotatable bonds is 4.